The van der Waals surface area contributed by atoms with Crippen LogP contribution in [0.3, 0.4) is 0 Å². The lowest BCUT2D eigenvalue weighted by molar-refractivity contribution is 0.442. The van der Waals surface area contributed by atoms with Crippen molar-refractivity contribution >= 4 is 11.3 Å². The van der Waals surface area contributed by atoms with Crippen LogP contribution in [0.5, 0.6) is 0 Å². The fraction of sp³-hybridized carbons (Fsp3) is 0.375. The maximum absolute atomic E-state index is 8.81. The van der Waals surface area contributed by atoms with Crippen LogP contribution >= 0.6 is 11.3 Å². The van der Waals surface area contributed by atoms with Gasteiger partial charge in [-0.1, -0.05) is 31.4 Å². The molecule has 2 aromatic rings. The maximum Gasteiger partial charge on any atom is 0.0991 e. The van der Waals surface area contributed by atoms with E-state index in [1.165, 1.54) is 37.1 Å². The van der Waals surface area contributed by atoms with Crippen molar-refractivity contribution in [2.45, 2.75) is 38.0 Å². The molecule has 0 amide bonds. The van der Waals surface area contributed by atoms with Crippen molar-refractivity contribution in [3.8, 4) is 17.3 Å². The number of aromatic nitrogens is 1. The van der Waals surface area contributed by atoms with Crippen LogP contribution in [0.2, 0.25) is 0 Å². The van der Waals surface area contributed by atoms with E-state index in [2.05, 4.69) is 11.4 Å². The molecule has 19 heavy (non-hydrogen) atoms. The Hall–Kier alpha value is -1.66. The summed E-state index contributed by atoms with van der Waals surface area (Å²) < 4.78 is 0. The third-order valence-corrected chi connectivity index (χ3v) is 4.79. The van der Waals surface area contributed by atoms with E-state index in [4.69, 9.17) is 10.2 Å². The van der Waals surface area contributed by atoms with Gasteiger partial charge in [-0.25, -0.2) is 4.98 Å². The molecule has 0 unspecified atom stereocenters. The van der Waals surface area contributed by atoms with E-state index in [-0.39, 0.29) is 0 Å². The minimum Gasteiger partial charge on any atom is -0.241 e. The van der Waals surface area contributed by atoms with Gasteiger partial charge in [-0.15, -0.1) is 11.3 Å². The molecule has 1 aliphatic carbocycles. The molecule has 0 spiro atoms. The second-order valence-corrected chi connectivity index (χ2v) is 5.98. The monoisotopic (exact) mass is 268 g/mol. The van der Waals surface area contributed by atoms with Crippen LogP contribution in [0.15, 0.2) is 29.6 Å². The minimum absolute atomic E-state index is 0.672. The second kappa shape index (κ2) is 5.54. The zero-order valence-corrected chi connectivity index (χ0v) is 11.6. The molecule has 0 radical (unpaired) electrons. The predicted octanol–water partition coefficient (Wildman–Crippen LogP) is 4.73. The van der Waals surface area contributed by atoms with Gasteiger partial charge in [-0.2, -0.15) is 5.26 Å². The topological polar surface area (TPSA) is 36.7 Å². The van der Waals surface area contributed by atoms with Gasteiger partial charge in [-0.3, -0.25) is 0 Å². The number of thiazole rings is 1. The number of nitrogens with zero attached hydrogens (tertiary/aromatic N) is 2. The molecule has 0 bridgehead atoms. The normalized spacial score (nSPS) is 16.2. The van der Waals surface area contributed by atoms with Crippen molar-refractivity contribution in [1.82, 2.24) is 4.98 Å². The number of rotatable bonds is 2. The third kappa shape index (κ3) is 2.69. The van der Waals surface area contributed by atoms with Gasteiger partial charge in [0.05, 0.1) is 22.3 Å². The molecular formula is C16H16N2S. The number of hydrogen-bond acceptors (Lipinski definition) is 3. The summed E-state index contributed by atoms with van der Waals surface area (Å²) in [6.07, 6.45) is 6.65. The van der Waals surface area contributed by atoms with E-state index in [1.54, 1.807) is 11.3 Å². The zero-order chi connectivity index (χ0) is 13.1. The summed E-state index contributed by atoms with van der Waals surface area (Å²) in [7, 11) is 0. The van der Waals surface area contributed by atoms with Crippen molar-refractivity contribution in [3.05, 3.63) is 40.2 Å². The predicted molar refractivity (Wildman–Crippen MR) is 78.1 cm³/mol. The standard InChI is InChI=1S/C16H16N2S/c17-10-12-6-8-13(9-7-12)15-11-19-16(18-15)14-4-2-1-3-5-14/h6-9,11,14H,1-5H2. The molecule has 3 heteroatoms. The molecule has 1 aliphatic rings. The quantitative estimate of drug-likeness (QED) is 0.789. The molecule has 0 saturated heterocycles. The smallest absolute Gasteiger partial charge is 0.0991 e. The largest absolute Gasteiger partial charge is 0.241 e. The van der Waals surface area contributed by atoms with Crippen molar-refractivity contribution in [2.75, 3.05) is 0 Å². The van der Waals surface area contributed by atoms with Crippen molar-refractivity contribution < 1.29 is 0 Å². The molecule has 0 atom stereocenters. The van der Waals surface area contributed by atoms with E-state index >= 15 is 0 Å². The lowest BCUT2D eigenvalue weighted by atomic mass is 9.90. The SMILES string of the molecule is N#Cc1ccc(-c2csc(C3CCCCC3)n2)cc1. The van der Waals surface area contributed by atoms with E-state index in [0.717, 1.165) is 11.3 Å². The molecule has 1 saturated carbocycles. The van der Waals surface area contributed by atoms with Crippen LogP contribution in [0, 0.1) is 11.3 Å². The summed E-state index contributed by atoms with van der Waals surface area (Å²) in [5.41, 5.74) is 2.86. The van der Waals surface area contributed by atoms with Gasteiger partial charge in [0.25, 0.3) is 0 Å². The highest BCUT2D eigenvalue weighted by molar-refractivity contribution is 7.10. The van der Waals surface area contributed by atoms with Crippen LogP contribution in [0.1, 0.15) is 48.6 Å². The zero-order valence-electron chi connectivity index (χ0n) is 10.8. The first-order valence-electron chi connectivity index (χ1n) is 6.83. The molecule has 1 aromatic carbocycles. The summed E-state index contributed by atoms with van der Waals surface area (Å²) in [4.78, 5) is 4.80. The van der Waals surface area contributed by atoms with Gasteiger partial charge in [-0.05, 0) is 25.0 Å². The molecule has 0 aliphatic heterocycles. The van der Waals surface area contributed by atoms with Crippen LogP contribution < -0.4 is 0 Å². The molecule has 0 N–H and O–H groups in total. The number of nitriles is 1. The Morgan fingerprint density at radius 1 is 1.11 bits per heavy atom. The number of hydrogen-bond donors (Lipinski definition) is 0. The number of benzene rings is 1. The van der Waals surface area contributed by atoms with Crippen LogP contribution in [-0.4, -0.2) is 4.98 Å². The van der Waals surface area contributed by atoms with E-state index < -0.39 is 0 Å². The summed E-state index contributed by atoms with van der Waals surface area (Å²) in [6.45, 7) is 0. The van der Waals surface area contributed by atoms with E-state index in [1.807, 2.05) is 24.3 Å². The second-order valence-electron chi connectivity index (χ2n) is 5.10. The van der Waals surface area contributed by atoms with Crippen LogP contribution in [-0.2, 0) is 0 Å². The summed E-state index contributed by atoms with van der Waals surface area (Å²) in [5, 5.41) is 12.2. The third-order valence-electron chi connectivity index (χ3n) is 3.79. The highest BCUT2D eigenvalue weighted by Crippen LogP contribution is 2.35. The van der Waals surface area contributed by atoms with E-state index in [0.29, 0.717) is 11.5 Å². The first kappa shape index (κ1) is 12.4. The van der Waals surface area contributed by atoms with Gasteiger partial charge in [0.15, 0.2) is 0 Å². The molecule has 96 valence electrons. The Morgan fingerprint density at radius 3 is 2.53 bits per heavy atom. The highest BCUT2D eigenvalue weighted by Gasteiger charge is 2.18. The fourth-order valence-electron chi connectivity index (χ4n) is 2.67. The first-order valence-corrected chi connectivity index (χ1v) is 7.71. The van der Waals surface area contributed by atoms with Crippen molar-refractivity contribution in [3.63, 3.8) is 0 Å². The average Bonchev–Trinajstić information content (AvgIpc) is 2.98. The molecule has 1 fully saturated rings. The Morgan fingerprint density at radius 2 is 1.84 bits per heavy atom. The van der Waals surface area contributed by atoms with Crippen molar-refractivity contribution in [1.29, 1.82) is 5.26 Å². The fourth-order valence-corrected chi connectivity index (χ4v) is 3.67. The Labute approximate surface area is 117 Å². The van der Waals surface area contributed by atoms with E-state index in [9.17, 15) is 0 Å². The van der Waals surface area contributed by atoms with Crippen LogP contribution in [0.4, 0.5) is 0 Å². The Kier molecular flexibility index (Phi) is 3.61. The van der Waals surface area contributed by atoms with Gasteiger partial charge < -0.3 is 0 Å². The van der Waals surface area contributed by atoms with Crippen LogP contribution in [0.25, 0.3) is 11.3 Å². The van der Waals surface area contributed by atoms with Gasteiger partial charge in [0.2, 0.25) is 0 Å². The minimum atomic E-state index is 0.672. The Bertz CT molecular complexity index is 586. The highest BCUT2D eigenvalue weighted by atomic mass is 32.1. The van der Waals surface area contributed by atoms with Gasteiger partial charge >= 0.3 is 0 Å². The first-order chi connectivity index (χ1) is 9.36. The molecule has 2 nitrogen and oxygen atoms in total. The molecule has 1 aromatic heterocycles. The van der Waals surface area contributed by atoms with Gasteiger partial charge in [0, 0.05) is 16.9 Å². The van der Waals surface area contributed by atoms with Gasteiger partial charge in [0.1, 0.15) is 0 Å². The van der Waals surface area contributed by atoms with Crippen molar-refractivity contribution in [2.24, 2.45) is 0 Å². The lowest BCUT2D eigenvalue weighted by Crippen LogP contribution is -2.03. The maximum atomic E-state index is 8.81. The average molecular weight is 268 g/mol. The summed E-state index contributed by atoms with van der Waals surface area (Å²) in [5.74, 6) is 0.672. The molecular weight excluding hydrogens is 252 g/mol. The molecule has 3 rings (SSSR count). The summed E-state index contributed by atoms with van der Waals surface area (Å²) in [6, 6.07) is 9.83. The molecule has 1 heterocycles. The summed E-state index contributed by atoms with van der Waals surface area (Å²) >= 11 is 1.78. The Balaban J connectivity index is 1.81. The lowest BCUT2D eigenvalue weighted by Gasteiger charge is -2.18.